The van der Waals surface area contributed by atoms with Crippen molar-refractivity contribution < 1.29 is 9.18 Å². The lowest BCUT2D eigenvalue weighted by atomic mass is 9.91. The Morgan fingerprint density at radius 2 is 2.00 bits per heavy atom. The summed E-state index contributed by atoms with van der Waals surface area (Å²) in [7, 11) is 1.70. The predicted octanol–water partition coefficient (Wildman–Crippen LogP) is 3.98. The Kier molecular flexibility index (Phi) is 4.91. The number of amides is 1. The second kappa shape index (κ2) is 5.83. The van der Waals surface area contributed by atoms with E-state index in [1.54, 1.807) is 24.1 Å². The molecule has 0 saturated carbocycles. The molecule has 0 fully saturated rings. The summed E-state index contributed by atoms with van der Waals surface area (Å²) in [5, 5.41) is 0. The minimum Gasteiger partial charge on any atom is -0.341 e. The fourth-order valence-electron chi connectivity index (χ4n) is 1.60. The van der Waals surface area contributed by atoms with Crippen LogP contribution in [-0.2, 0) is 11.3 Å². The predicted molar refractivity (Wildman–Crippen MR) is 74.6 cm³/mol. The molecule has 0 aliphatic rings. The van der Waals surface area contributed by atoms with Crippen LogP contribution in [0, 0.1) is 11.2 Å². The van der Waals surface area contributed by atoms with Gasteiger partial charge in [0.05, 0.1) is 0 Å². The molecule has 0 radical (unpaired) electrons. The highest BCUT2D eigenvalue weighted by molar-refractivity contribution is 9.10. The summed E-state index contributed by atoms with van der Waals surface area (Å²) in [6.07, 6.45) is 0.457. The maximum Gasteiger partial charge on any atom is 0.223 e. The lowest BCUT2D eigenvalue weighted by molar-refractivity contribution is -0.132. The summed E-state index contributed by atoms with van der Waals surface area (Å²) in [5.74, 6) is -0.254. The van der Waals surface area contributed by atoms with Crippen LogP contribution in [-0.4, -0.2) is 17.9 Å². The number of rotatable bonds is 3. The molecular weight excluding hydrogens is 297 g/mol. The van der Waals surface area contributed by atoms with Crippen molar-refractivity contribution in [1.29, 1.82) is 0 Å². The van der Waals surface area contributed by atoms with E-state index in [1.165, 1.54) is 6.07 Å². The van der Waals surface area contributed by atoms with E-state index in [0.29, 0.717) is 18.5 Å². The zero-order chi connectivity index (χ0) is 13.9. The first-order valence-corrected chi connectivity index (χ1v) is 6.66. The second-order valence-electron chi connectivity index (χ2n) is 5.72. The average molecular weight is 316 g/mol. The maximum atomic E-state index is 13.6. The third-order valence-corrected chi connectivity index (χ3v) is 3.02. The Morgan fingerprint density at radius 3 is 2.56 bits per heavy atom. The molecule has 0 N–H and O–H groups in total. The molecule has 4 heteroatoms. The minimum absolute atomic E-state index is 0.0295. The highest BCUT2D eigenvalue weighted by Crippen LogP contribution is 2.21. The van der Waals surface area contributed by atoms with Crippen LogP contribution < -0.4 is 0 Å². The number of hydrogen-bond acceptors (Lipinski definition) is 1. The van der Waals surface area contributed by atoms with Crippen LogP contribution in [0.15, 0.2) is 22.7 Å². The van der Waals surface area contributed by atoms with Crippen molar-refractivity contribution in [2.24, 2.45) is 5.41 Å². The third-order valence-electron chi connectivity index (χ3n) is 2.52. The van der Waals surface area contributed by atoms with Crippen LogP contribution >= 0.6 is 15.9 Å². The summed E-state index contributed by atoms with van der Waals surface area (Å²) in [6.45, 7) is 6.33. The standard InChI is InChI=1S/C14H19BrFNO/c1-14(2,3)8-13(18)17(4)9-10-7-11(15)5-6-12(10)16/h5-7H,8-9H2,1-4H3. The lowest BCUT2D eigenvalue weighted by Crippen LogP contribution is -2.29. The molecular formula is C14H19BrFNO. The molecule has 0 aromatic heterocycles. The van der Waals surface area contributed by atoms with Crippen molar-refractivity contribution in [1.82, 2.24) is 4.90 Å². The van der Waals surface area contributed by atoms with Gasteiger partial charge in [-0.05, 0) is 23.6 Å². The molecule has 18 heavy (non-hydrogen) atoms. The van der Waals surface area contributed by atoms with Crippen LogP contribution in [0.4, 0.5) is 4.39 Å². The number of carbonyl (C=O) groups is 1. The molecule has 0 spiro atoms. The summed E-state index contributed by atoms with van der Waals surface area (Å²) in [5.41, 5.74) is 0.468. The van der Waals surface area contributed by atoms with Crippen LogP contribution in [0.2, 0.25) is 0 Å². The smallest absolute Gasteiger partial charge is 0.223 e. The topological polar surface area (TPSA) is 20.3 Å². The van der Waals surface area contributed by atoms with Gasteiger partial charge in [-0.1, -0.05) is 36.7 Å². The minimum atomic E-state index is -0.284. The van der Waals surface area contributed by atoms with Gasteiger partial charge in [0.1, 0.15) is 5.82 Å². The fraction of sp³-hybridized carbons (Fsp3) is 0.500. The molecule has 1 aromatic rings. The van der Waals surface area contributed by atoms with Gasteiger partial charge in [-0.25, -0.2) is 4.39 Å². The zero-order valence-corrected chi connectivity index (χ0v) is 12.8. The molecule has 2 nitrogen and oxygen atoms in total. The Hall–Kier alpha value is -0.900. The molecule has 1 rings (SSSR count). The van der Waals surface area contributed by atoms with E-state index in [-0.39, 0.29) is 17.1 Å². The second-order valence-corrected chi connectivity index (χ2v) is 6.64. The highest BCUT2D eigenvalue weighted by atomic mass is 79.9. The molecule has 0 aliphatic carbocycles. The Balaban J connectivity index is 2.72. The van der Waals surface area contributed by atoms with E-state index < -0.39 is 0 Å². The van der Waals surface area contributed by atoms with E-state index in [4.69, 9.17) is 0 Å². The number of benzene rings is 1. The van der Waals surface area contributed by atoms with E-state index in [0.717, 1.165) is 4.47 Å². The largest absolute Gasteiger partial charge is 0.341 e. The maximum absolute atomic E-state index is 13.6. The molecule has 0 unspecified atom stereocenters. The molecule has 0 bridgehead atoms. The van der Waals surface area contributed by atoms with Gasteiger partial charge in [0.15, 0.2) is 0 Å². The number of halogens is 2. The summed E-state index contributed by atoms with van der Waals surface area (Å²) >= 11 is 3.30. The first-order chi connectivity index (χ1) is 8.19. The molecule has 0 aliphatic heterocycles. The third kappa shape index (κ3) is 4.77. The van der Waals surface area contributed by atoms with Crippen LogP contribution in [0.3, 0.4) is 0 Å². The molecule has 100 valence electrons. The highest BCUT2D eigenvalue weighted by Gasteiger charge is 2.19. The molecule has 0 heterocycles. The first-order valence-electron chi connectivity index (χ1n) is 5.87. The SMILES string of the molecule is CN(Cc1cc(Br)ccc1F)C(=O)CC(C)(C)C. The van der Waals surface area contributed by atoms with E-state index in [9.17, 15) is 9.18 Å². The van der Waals surface area contributed by atoms with Crippen molar-refractivity contribution in [3.63, 3.8) is 0 Å². The van der Waals surface area contributed by atoms with Crippen molar-refractivity contribution in [2.75, 3.05) is 7.05 Å². The Labute approximate surface area is 116 Å². The number of nitrogens with zero attached hydrogens (tertiary/aromatic N) is 1. The van der Waals surface area contributed by atoms with Gasteiger partial charge in [0.25, 0.3) is 0 Å². The quantitative estimate of drug-likeness (QED) is 0.826. The van der Waals surface area contributed by atoms with Crippen molar-refractivity contribution in [3.05, 3.63) is 34.1 Å². The number of carbonyl (C=O) groups excluding carboxylic acids is 1. The molecule has 0 atom stereocenters. The monoisotopic (exact) mass is 315 g/mol. The lowest BCUT2D eigenvalue weighted by Gasteiger charge is -2.23. The van der Waals surface area contributed by atoms with Gasteiger partial charge >= 0.3 is 0 Å². The van der Waals surface area contributed by atoms with Crippen molar-refractivity contribution in [3.8, 4) is 0 Å². The average Bonchev–Trinajstić information content (AvgIpc) is 2.21. The van der Waals surface area contributed by atoms with Gasteiger partial charge < -0.3 is 4.90 Å². The van der Waals surface area contributed by atoms with Gasteiger partial charge in [-0.3, -0.25) is 4.79 Å². The summed E-state index contributed by atoms with van der Waals surface area (Å²) in [6, 6.07) is 4.76. The van der Waals surface area contributed by atoms with E-state index in [1.807, 2.05) is 20.8 Å². The molecule has 0 saturated heterocycles. The summed E-state index contributed by atoms with van der Waals surface area (Å²) in [4.78, 5) is 13.5. The Morgan fingerprint density at radius 1 is 1.39 bits per heavy atom. The van der Waals surface area contributed by atoms with Crippen molar-refractivity contribution >= 4 is 21.8 Å². The number of hydrogen-bond donors (Lipinski definition) is 0. The normalized spacial score (nSPS) is 11.4. The van der Waals surface area contributed by atoms with Crippen LogP contribution in [0.25, 0.3) is 0 Å². The fourth-order valence-corrected chi connectivity index (χ4v) is 2.01. The Bertz CT molecular complexity index is 440. The van der Waals surface area contributed by atoms with E-state index >= 15 is 0 Å². The van der Waals surface area contributed by atoms with Gasteiger partial charge in [-0.15, -0.1) is 0 Å². The van der Waals surface area contributed by atoms with Gasteiger partial charge in [0.2, 0.25) is 5.91 Å². The van der Waals surface area contributed by atoms with Crippen LogP contribution in [0.5, 0.6) is 0 Å². The summed E-state index contributed by atoms with van der Waals surface area (Å²) < 4.78 is 14.4. The zero-order valence-electron chi connectivity index (χ0n) is 11.3. The molecule has 1 amide bonds. The van der Waals surface area contributed by atoms with Gasteiger partial charge in [0, 0.05) is 30.0 Å². The first kappa shape index (κ1) is 15.2. The van der Waals surface area contributed by atoms with Crippen molar-refractivity contribution in [2.45, 2.75) is 33.7 Å². The van der Waals surface area contributed by atoms with Gasteiger partial charge in [-0.2, -0.15) is 0 Å². The molecule has 1 aromatic carbocycles. The van der Waals surface area contributed by atoms with Crippen LogP contribution in [0.1, 0.15) is 32.8 Å². The van der Waals surface area contributed by atoms with E-state index in [2.05, 4.69) is 15.9 Å².